The van der Waals surface area contributed by atoms with Crippen LogP contribution >= 0.6 is 0 Å². The Bertz CT molecular complexity index is 390. The Labute approximate surface area is 115 Å². The van der Waals surface area contributed by atoms with Gasteiger partial charge in [-0.15, -0.1) is 0 Å². The smallest absolute Gasteiger partial charge is 0.550 e. The predicted molar refractivity (Wildman–Crippen MR) is 48.4 cm³/mol. The number of carbonyl (C=O) groups excluding carboxylic acids is 2. The Kier molecular flexibility index (Phi) is 4.53. The summed E-state index contributed by atoms with van der Waals surface area (Å²) in [5.74, 6) is -2.60. The van der Waals surface area contributed by atoms with Gasteiger partial charge < -0.3 is 14.6 Å². The molecule has 0 spiro atoms. The summed E-state index contributed by atoms with van der Waals surface area (Å²) in [4.78, 5) is 21.8. The topological polar surface area (TPSA) is 66.4 Å². The maximum absolute atomic E-state index is 11.0. The molecule has 1 saturated heterocycles. The van der Waals surface area contributed by atoms with Crippen molar-refractivity contribution < 1.29 is 49.0 Å². The molecular weight excluding hydrogens is 219 g/mol. The van der Waals surface area contributed by atoms with Crippen LogP contribution in [0.25, 0.3) is 0 Å². The van der Waals surface area contributed by atoms with Crippen molar-refractivity contribution in [2.24, 2.45) is 5.92 Å². The predicted octanol–water partition coefficient (Wildman–Crippen LogP) is -2.96. The molecular formula is C11H9NaO4. The molecule has 5 heteroatoms. The van der Waals surface area contributed by atoms with E-state index in [1.807, 2.05) is 6.07 Å². The van der Waals surface area contributed by atoms with E-state index in [9.17, 15) is 14.7 Å². The van der Waals surface area contributed by atoms with E-state index in [4.69, 9.17) is 4.74 Å². The van der Waals surface area contributed by atoms with Gasteiger partial charge in [0.2, 0.25) is 0 Å². The van der Waals surface area contributed by atoms with E-state index in [1.165, 1.54) is 0 Å². The van der Waals surface area contributed by atoms with Gasteiger partial charge in [0.1, 0.15) is 6.10 Å². The number of cyclic esters (lactones) is 1. The molecule has 0 aromatic heterocycles. The SMILES string of the molecule is O=C1CC(C(=O)[O-])C(c2ccccc2)O1.[Na+]. The van der Waals surface area contributed by atoms with Crippen LogP contribution in [0, 0.1) is 5.92 Å². The number of carboxylic acid groups (broad SMARTS) is 1. The van der Waals surface area contributed by atoms with Crippen LogP contribution in [-0.2, 0) is 14.3 Å². The summed E-state index contributed by atoms with van der Waals surface area (Å²) in [6.45, 7) is 0. The average Bonchev–Trinajstić information content (AvgIpc) is 2.62. The Morgan fingerprint density at radius 1 is 1.31 bits per heavy atom. The van der Waals surface area contributed by atoms with Crippen molar-refractivity contribution in [1.82, 2.24) is 0 Å². The molecule has 2 atom stereocenters. The second kappa shape index (κ2) is 5.48. The van der Waals surface area contributed by atoms with Crippen molar-refractivity contribution in [2.45, 2.75) is 12.5 Å². The zero-order valence-corrected chi connectivity index (χ0v) is 10.9. The molecule has 0 saturated carbocycles. The first-order chi connectivity index (χ1) is 7.18. The number of carboxylic acids is 1. The van der Waals surface area contributed by atoms with Crippen molar-refractivity contribution in [3.8, 4) is 0 Å². The molecule has 1 aromatic carbocycles. The number of esters is 1. The van der Waals surface area contributed by atoms with E-state index in [0.717, 1.165) is 0 Å². The summed E-state index contributed by atoms with van der Waals surface area (Å²) in [6, 6.07) is 8.83. The van der Waals surface area contributed by atoms with Crippen LogP contribution in [-0.4, -0.2) is 11.9 Å². The molecule has 1 heterocycles. The van der Waals surface area contributed by atoms with Gasteiger partial charge in [-0.25, -0.2) is 0 Å². The maximum atomic E-state index is 11.0. The molecule has 1 aliphatic rings. The number of ether oxygens (including phenoxy) is 1. The minimum absolute atomic E-state index is 0. The summed E-state index contributed by atoms with van der Waals surface area (Å²) in [6.07, 6.45) is -0.814. The third-order valence-corrected chi connectivity index (χ3v) is 2.44. The molecule has 0 radical (unpaired) electrons. The van der Waals surface area contributed by atoms with E-state index in [1.54, 1.807) is 24.3 Å². The number of aliphatic carboxylic acids is 1. The first-order valence-corrected chi connectivity index (χ1v) is 4.64. The van der Waals surface area contributed by atoms with Crippen molar-refractivity contribution in [1.29, 1.82) is 0 Å². The minimum atomic E-state index is -1.24. The monoisotopic (exact) mass is 228 g/mol. The standard InChI is InChI=1S/C11H10O4.Na/c12-9-6-8(11(13)14)10(15-9)7-4-2-1-3-5-7;/h1-5,8,10H,6H2,(H,13,14);/q;+1/p-1. The molecule has 1 aromatic rings. The number of rotatable bonds is 2. The van der Waals surface area contributed by atoms with Crippen LogP contribution < -0.4 is 34.7 Å². The van der Waals surface area contributed by atoms with Gasteiger partial charge in [0, 0.05) is 5.97 Å². The van der Waals surface area contributed by atoms with E-state index in [0.29, 0.717) is 5.56 Å². The van der Waals surface area contributed by atoms with E-state index >= 15 is 0 Å². The van der Waals surface area contributed by atoms with Gasteiger partial charge in [-0.3, -0.25) is 4.79 Å². The van der Waals surface area contributed by atoms with Crippen LogP contribution in [0.1, 0.15) is 18.1 Å². The summed E-state index contributed by atoms with van der Waals surface area (Å²) in [7, 11) is 0. The van der Waals surface area contributed by atoms with E-state index in [2.05, 4.69) is 0 Å². The second-order valence-corrected chi connectivity index (χ2v) is 3.45. The fourth-order valence-corrected chi connectivity index (χ4v) is 1.71. The van der Waals surface area contributed by atoms with Crippen LogP contribution in [0.5, 0.6) is 0 Å². The van der Waals surface area contributed by atoms with Crippen molar-refractivity contribution in [3.63, 3.8) is 0 Å². The molecule has 0 amide bonds. The van der Waals surface area contributed by atoms with E-state index in [-0.39, 0.29) is 36.0 Å². The zero-order chi connectivity index (χ0) is 10.8. The van der Waals surface area contributed by atoms with Gasteiger partial charge in [0.15, 0.2) is 0 Å². The molecule has 1 aliphatic heterocycles. The Morgan fingerprint density at radius 3 is 2.50 bits per heavy atom. The molecule has 1 fully saturated rings. The molecule has 2 unspecified atom stereocenters. The summed E-state index contributed by atoms with van der Waals surface area (Å²) in [5.41, 5.74) is 0.692. The minimum Gasteiger partial charge on any atom is -0.550 e. The number of hydrogen-bond donors (Lipinski definition) is 0. The molecule has 0 bridgehead atoms. The van der Waals surface area contributed by atoms with Gasteiger partial charge in [0.05, 0.1) is 12.3 Å². The van der Waals surface area contributed by atoms with Crippen LogP contribution in [0.3, 0.4) is 0 Å². The molecule has 16 heavy (non-hydrogen) atoms. The second-order valence-electron chi connectivity index (χ2n) is 3.45. The fourth-order valence-electron chi connectivity index (χ4n) is 1.71. The first kappa shape index (κ1) is 13.2. The Balaban J connectivity index is 0.00000128. The van der Waals surface area contributed by atoms with Gasteiger partial charge in [-0.05, 0) is 5.56 Å². The summed E-state index contributed by atoms with van der Waals surface area (Å²) in [5, 5.41) is 10.8. The Hall–Kier alpha value is -0.840. The van der Waals surface area contributed by atoms with E-state index < -0.39 is 24.0 Å². The molecule has 4 nitrogen and oxygen atoms in total. The van der Waals surface area contributed by atoms with Gasteiger partial charge in [-0.2, -0.15) is 0 Å². The number of carbonyl (C=O) groups is 2. The van der Waals surface area contributed by atoms with Crippen molar-refractivity contribution in [2.75, 3.05) is 0 Å². The van der Waals surface area contributed by atoms with Gasteiger partial charge >= 0.3 is 35.5 Å². The van der Waals surface area contributed by atoms with Gasteiger partial charge in [0.25, 0.3) is 0 Å². The number of hydrogen-bond acceptors (Lipinski definition) is 4. The number of benzene rings is 1. The molecule has 0 aliphatic carbocycles. The third kappa shape index (κ3) is 2.64. The zero-order valence-electron chi connectivity index (χ0n) is 8.88. The molecule has 0 N–H and O–H groups in total. The van der Waals surface area contributed by atoms with Crippen molar-refractivity contribution in [3.05, 3.63) is 35.9 Å². The normalized spacial score (nSPS) is 23.4. The molecule has 2 rings (SSSR count). The summed E-state index contributed by atoms with van der Waals surface area (Å²) < 4.78 is 4.96. The summed E-state index contributed by atoms with van der Waals surface area (Å²) >= 11 is 0. The van der Waals surface area contributed by atoms with Crippen molar-refractivity contribution >= 4 is 11.9 Å². The third-order valence-electron chi connectivity index (χ3n) is 2.44. The quantitative estimate of drug-likeness (QED) is 0.401. The molecule has 78 valence electrons. The average molecular weight is 228 g/mol. The van der Waals surface area contributed by atoms with Crippen LogP contribution in [0.2, 0.25) is 0 Å². The fraction of sp³-hybridized carbons (Fsp3) is 0.273. The van der Waals surface area contributed by atoms with Crippen LogP contribution in [0.15, 0.2) is 30.3 Å². The maximum Gasteiger partial charge on any atom is 1.00 e. The first-order valence-electron chi connectivity index (χ1n) is 4.64. The van der Waals surface area contributed by atoms with Gasteiger partial charge in [-0.1, -0.05) is 30.3 Å². The largest absolute Gasteiger partial charge is 1.00 e. The van der Waals surface area contributed by atoms with Crippen LogP contribution in [0.4, 0.5) is 0 Å². The Morgan fingerprint density at radius 2 is 1.94 bits per heavy atom.